The molecule has 9 aromatic carbocycles. The minimum atomic E-state index is 0.628. The standard InChI is InChI=1S/C58H38N4/c1-5-17-39(18-6-1)44-35-45(40-19-7-2-8-20-40)37-46(36-44)41-29-31-47(32-30-41)61-54-27-15-13-25-48(54)50-33-34-51-49-26-14-16-28-55(49)62(57(51)56(50)61)58-59-52(42-21-9-3-10-22-42)38-53(60-58)43-23-11-4-12-24-43/h1-38H. The highest BCUT2D eigenvalue weighted by Gasteiger charge is 2.23. The summed E-state index contributed by atoms with van der Waals surface area (Å²) < 4.78 is 4.72. The largest absolute Gasteiger partial charge is 0.307 e. The Morgan fingerprint density at radius 1 is 0.258 bits per heavy atom. The summed E-state index contributed by atoms with van der Waals surface area (Å²) in [6.07, 6.45) is 0. The zero-order valence-corrected chi connectivity index (χ0v) is 33.7. The van der Waals surface area contributed by atoms with Crippen LogP contribution in [0.25, 0.3) is 111 Å². The molecule has 3 aromatic heterocycles. The second kappa shape index (κ2) is 14.7. The minimum absolute atomic E-state index is 0.628. The molecule has 12 rings (SSSR count). The third-order valence-corrected chi connectivity index (χ3v) is 12.1. The quantitative estimate of drug-likeness (QED) is 0.161. The van der Waals surface area contributed by atoms with Crippen LogP contribution in [-0.4, -0.2) is 19.1 Å². The molecule has 12 aromatic rings. The van der Waals surface area contributed by atoms with Gasteiger partial charge >= 0.3 is 0 Å². The molecule has 0 fully saturated rings. The number of nitrogens with zero attached hydrogens (tertiary/aromatic N) is 4. The molecular formula is C58H38N4. The Morgan fingerprint density at radius 2 is 0.629 bits per heavy atom. The van der Waals surface area contributed by atoms with Crippen molar-refractivity contribution < 1.29 is 0 Å². The van der Waals surface area contributed by atoms with Gasteiger partial charge in [0.25, 0.3) is 0 Å². The zero-order valence-electron chi connectivity index (χ0n) is 33.7. The van der Waals surface area contributed by atoms with Crippen molar-refractivity contribution in [3.8, 4) is 67.5 Å². The number of aromatic nitrogens is 4. The summed E-state index contributed by atoms with van der Waals surface area (Å²) in [7, 11) is 0. The average Bonchev–Trinajstić information content (AvgIpc) is 3.88. The van der Waals surface area contributed by atoms with Gasteiger partial charge in [-0.3, -0.25) is 4.57 Å². The van der Waals surface area contributed by atoms with Gasteiger partial charge in [-0.25, -0.2) is 9.97 Å². The van der Waals surface area contributed by atoms with Crippen molar-refractivity contribution in [2.45, 2.75) is 0 Å². The van der Waals surface area contributed by atoms with Gasteiger partial charge in [-0.05, 0) is 81.9 Å². The molecule has 0 saturated carbocycles. The Bertz CT molecular complexity index is 3470. The Kier molecular flexibility index (Phi) is 8.46. The minimum Gasteiger partial charge on any atom is -0.307 e. The molecule has 0 amide bonds. The first-order valence-electron chi connectivity index (χ1n) is 21.1. The highest BCUT2D eigenvalue weighted by Crippen LogP contribution is 2.42. The third kappa shape index (κ3) is 6.00. The number of hydrogen-bond donors (Lipinski definition) is 0. The molecule has 4 heteroatoms. The molecule has 290 valence electrons. The second-order valence-electron chi connectivity index (χ2n) is 15.8. The van der Waals surface area contributed by atoms with Crippen molar-refractivity contribution in [3.05, 3.63) is 231 Å². The Hall–Kier alpha value is -8.34. The normalized spacial score (nSPS) is 11.5. The van der Waals surface area contributed by atoms with E-state index in [2.05, 4.69) is 228 Å². The Morgan fingerprint density at radius 3 is 1.10 bits per heavy atom. The number of para-hydroxylation sites is 2. The summed E-state index contributed by atoms with van der Waals surface area (Å²) >= 11 is 0. The van der Waals surface area contributed by atoms with Crippen molar-refractivity contribution in [2.75, 3.05) is 0 Å². The number of rotatable bonds is 7. The van der Waals surface area contributed by atoms with E-state index in [-0.39, 0.29) is 0 Å². The summed E-state index contributed by atoms with van der Waals surface area (Å²) in [5.74, 6) is 0.628. The van der Waals surface area contributed by atoms with Crippen LogP contribution in [0.1, 0.15) is 0 Å². The fourth-order valence-electron chi connectivity index (χ4n) is 9.22. The van der Waals surface area contributed by atoms with E-state index < -0.39 is 0 Å². The number of hydrogen-bond acceptors (Lipinski definition) is 2. The molecule has 4 nitrogen and oxygen atoms in total. The van der Waals surface area contributed by atoms with Gasteiger partial charge in [-0.15, -0.1) is 0 Å². The molecule has 3 heterocycles. The molecular weight excluding hydrogens is 753 g/mol. The molecule has 0 radical (unpaired) electrons. The first-order chi connectivity index (χ1) is 30.7. The summed E-state index contributed by atoms with van der Waals surface area (Å²) in [6, 6.07) is 82.2. The van der Waals surface area contributed by atoms with Crippen molar-refractivity contribution in [3.63, 3.8) is 0 Å². The molecule has 0 aliphatic rings. The summed E-state index contributed by atoms with van der Waals surface area (Å²) in [5.41, 5.74) is 16.4. The fraction of sp³-hybridized carbons (Fsp3) is 0. The predicted molar refractivity (Wildman–Crippen MR) is 258 cm³/mol. The van der Waals surface area contributed by atoms with Gasteiger partial charge < -0.3 is 4.57 Å². The van der Waals surface area contributed by atoms with E-state index >= 15 is 0 Å². The van der Waals surface area contributed by atoms with Gasteiger partial charge in [-0.2, -0.15) is 0 Å². The van der Waals surface area contributed by atoms with Crippen LogP contribution in [-0.2, 0) is 0 Å². The maximum atomic E-state index is 5.38. The van der Waals surface area contributed by atoms with Crippen LogP contribution in [0.15, 0.2) is 231 Å². The van der Waals surface area contributed by atoms with Crippen LogP contribution in [0.2, 0.25) is 0 Å². The molecule has 62 heavy (non-hydrogen) atoms. The molecule has 0 aliphatic heterocycles. The topological polar surface area (TPSA) is 35.6 Å². The lowest BCUT2D eigenvalue weighted by atomic mass is 9.93. The average molecular weight is 791 g/mol. The summed E-state index contributed by atoms with van der Waals surface area (Å²) in [5, 5.41) is 4.66. The molecule has 0 N–H and O–H groups in total. The van der Waals surface area contributed by atoms with Gasteiger partial charge in [0.1, 0.15) is 0 Å². The SMILES string of the molecule is c1ccc(-c2cc(-c3ccccc3)cc(-c3ccc(-n4c5ccccc5c5ccc6c7ccccc7n(-c7nc(-c8ccccc8)cc(-c8ccccc8)n7)c6c54)cc3)c2)cc1. The lowest BCUT2D eigenvalue weighted by Gasteiger charge is -2.14. The van der Waals surface area contributed by atoms with E-state index in [1.54, 1.807) is 0 Å². The smallest absolute Gasteiger partial charge is 0.235 e. The molecule has 0 unspecified atom stereocenters. The van der Waals surface area contributed by atoms with E-state index in [0.717, 1.165) is 66.6 Å². The zero-order chi connectivity index (χ0) is 41.0. The fourth-order valence-corrected chi connectivity index (χ4v) is 9.22. The maximum Gasteiger partial charge on any atom is 0.235 e. The first-order valence-corrected chi connectivity index (χ1v) is 21.1. The van der Waals surface area contributed by atoms with Crippen LogP contribution in [0.3, 0.4) is 0 Å². The highest BCUT2D eigenvalue weighted by molar-refractivity contribution is 6.23. The molecule has 0 bridgehead atoms. The van der Waals surface area contributed by atoms with Crippen LogP contribution in [0.4, 0.5) is 0 Å². The van der Waals surface area contributed by atoms with Crippen molar-refractivity contribution in [2.24, 2.45) is 0 Å². The van der Waals surface area contributed by atoms with Crippen molar-refractivity contribution in [1.82, 2.24) is 19.1 Å². The van der Waals surface area contributed by atoms with Crippen LogP contribution in [0, 0.1) is 0 Å². The lowest BCUT2D eigenvalue weighted by molar-refractivity contribution is 0.995. The lowest BCUT2D eigenvalue weighted by Crippen LogP contribution is -2.05. The van der Waals surface area contributed by atoms with Gasteiger partial charge in [-0.1, -0.05) is 182 Å². The van der Waals surface area contributed by atoms with E-state index in [9.17, 15) is 0 Å². The Labute approximate surface area is 359 Å². The van der Waals surface area contributed by atoms with Crippen LogP contribution in [0.5, 0.6) is 0 Å². The monoisotopic (exact) mass is 790 g/mol. The van der Waals surface area contributed by atoms with Crippen LogP contribution < -0.4 is 0 Å². The van der Waals surface area contributed by atoms with E-state index in [4.69, 9.17) is 9.97 Å². The van der Waals surface area contributed by atoms with Gasteiger partial charge in [0.2, 0.25) is 5.95 Å². The number of fused-ring (bicyclic) bond motifs is 7. The second-order valence-corrected chi connectivity index (χ2v) is 15.8. The van der Waals surface area contributed by atoms with Crippen molar-refractivity contribution in [1.29, 1.82) is 0 Å². The van der Waals surface area contributed by atoms with E-state index in [0.29, 0.717) is 5.95 Å². The first kappa shape index (κ1) is 35.6. The van der Waals surface area contributed by atoms with Crippen molar-refractivity contribution >= 4 is 43.6 Å². The molecule has 0 atom stereocenters. The van der Waals surface area contributed by atoms with Gasteiger partial charge in [0.05, 0.1) is 33.5 Å². The highest BCUT2D eigenvalue weighted by atomic mass is 15.2. The molecule has 0 saturated heterocycles. The molecule has 0 spiro atoms. The summed E-state index contributed by atoms with van der Waals surface area (Å²) in [4.78, 5) is 10.8. The molecule has 0 aliphatic carbocycles. The number of benzene rings is 9. The third-order valence-electron chi connectivity index (χ3n) is 12.1. The predicted octanol–water partition coefficient (Wildman–Crippen LogP) is 15.0. The van der Waals surface area contributed by atoms with E-state index in [1.165, 1.54) is 38.6 Å². The van der Waals surface area contributed by atoms with E-state index in [1.807, 2.05) is 12.1 Å². The maximum absolute atomic E-state index is 5.38. The summed E-state index contributed by atoms with van der Waals surface area (Å²) in [6.45, 7) is 0. The Balaban J connectivity index is 1.10. The van der Waals surface area contributed by atoms with Gasteiger partial charge in [0, 0.05) is 38.4 Å². The van der Waals surface area contributed by atoms with Gasteiger partial charge in [0.15, 0.2) is 0 Å². The van der Waals surface area contributed by atoms with Crippen LogP contribution >= 0.6 is 0 Å².